The van der Waals surface area contributed by atoms with Crippen molar-refractivity contribution in [2.24, 2.45) is 11.3 Å². The van der Waals surface area contributed by atoms with Gasteiger partial charge in [-0.05, 0) is 30.6 Å². The van der Waals surface area contributed by atoms with E-state index in [1.165, 1.54) is 25.7 Å². The first-order chi connectivity index (χ1) is 8.89. The molecule has 1 unspecified atom stereocenters. The average Bonchev–Trinajstić information content (AvgIpc) is 2.71. The highest BCUT2D eigenvalue weighted by Crippen LogP contribution is 2.38. The lowest BCUT2D eigenvalue weighted by Gasteiger charge is -2.38. The van der Waals surface area contributed by atoms with Gasteiger partial charge < -0.3 is 10.2 Å². The van der Waals surface area contributed by atoms with Crippen LogP contribution < -0.4 is 5.32 Å². The van der Waals surface area contributed by atoms with Crippen molar-refractivity contribution >= 4 is 11.8 Å². The molecular formula is C15H26N2O2. The van der Waals surface area contributed by atoms with Crippen LogP contribution >= 0.6 is 0 Å². The van der Waals surface area contributed by atoms with Crippen molar-refractivity contribution in [1.29, 1.82) is 0 Å². The second kappa shape index (κ2) is 5.51. The number of piperazine rings is 1. The van der Waals surface area contributed by atoms with Crippen molar-refractivity contribution in [3.8, 4) is 0 Å². The topological polar surface area (TPSA) is 49.4 Å². The largest absolute Gasteiger partial charge is 0.343 e. The van der Waals surface area contributed by atoms with E-state index >= 15 is 0 Å². The Labute approximate surface area is 115 Å². The molecule has 0 spiro atoms. The van der Waals surface area contributed by atoms with E-state index in [4.69, 9.17) is 0 Å². The van der Waals surface area contributed by atoms with Crippen LogP contribution in [0.15, 0.2) is 0 Å². The van der Waals surface area contributed by atoms with Gasteiger partial charge in [0.05, 0.1) is 6.54 Å². The molecule has 0 aromatic carbocycles. The molecule has 2 rings (SSSR count). The SMILES string of the molecule is CC(C)CC1NC(=O)CN(CC2(C)CCCC2)C1=O. The molecule has 2 fully saturated rings. The minimum Gasteiger partial charge on any atom is -0.343 e. The summed E-state index contributed by atoms with van der Waals surface area (Å²) in [5.74, 6) is 0.518. The molecule has 0 bridgehead atoms. The number of nitrogens with one attached hydrogen (secondary N) is 1. The predicted molar refractivity (Wildman–Crippen MR) is 74.5 cm³/mol. The Bertz CT molecular complexity index is 359. The maximum absolute atomic E-state index is 12.4. The molecule has 1 atom stereocenters. The summed E-state index contributed by atoms with van der Waals surface area (Å²) in [5, 5.41) is 2.83. The van der Waals surface area contributed by atoms with Gasteiger partial charge in [-0.2, -0.15) is 0 Å². The Morgan fingerprint density at radius 1 is 1.32 bits per heavy atom. The van der Waals surface area contributed by atoms with Gasteiger partial charge in [-0.1, -0.05) is 33.6 Å². The zero-order valence-corrected chi connectivity index (χ0v) is 12.4. The van der Waals surface area contributed by atoms with E-state index in [1.807, 2.05) is 0 Å². The van der Waals surface area contributed by atoms with Crippen LogP contribution in [0.4, 0.5) is 0 Å². The summed E-state index contributed by atoms with van der Waals surface area (Å²) in [5.41, 5.74) is 0.218. The van der Waals surface area contributed by atoms with Gasteiger partial charge in [-0.25, -0.2) is 0 Å². The Balaban J connectivity index is 2.02. The lowest BCUT2D eigenvalue weighted by atomic mass is 9.87. The van der Waals surface area contributed by atoms with E-state index in [0.717, 1.165) is 13.0 Å². The van der Waals surface area contributed by atoms with E-state index < -0.39 is 0 Å². The quantitative estimate of drug-likeness (QED) is 0.845. The van der Waals surface area contributed by atoms with Crippen molar-refractivity contribution in [1.82, 2.24) is 10.2 Å². The van der Waals surface area contributed by atoms with Gasteiger partial charge >= 0.3 is 0 Å². The van der Waals surface area contributed by atoms with E-state index in [-0.39, 0.29) is 29.8 Å². The predicted octanol–water partition coefficient (Wildman–Crippen LogP) is 1.94. The molecule has 1 N–H and O–H groups in total. The summed E-state index contributed by atoms with van der Waals surface area (Å²) < 4.78 is 0. The molecule has 4 nitrogen and oxygen atoms in total. The number of nitrogens with zero attached hydrogens (tertiary/aromatic N) is 1. The smallest absolute Gasteiger partial charge is 0.245 e. The van der Waals surface area contributed by atoms with Crippen LogP contribution in [-0.2, 0) is 9.59 Å². The van der Waals surface area contributed by atoms with Crippen LogP contribution in [0.3, 0.4) is 0 Å². The minimum atomic E-state index is -0.314. The maximum Gasteiger partial charge on any atom is 0.245 e. The van der Waals surface area contributed by atoms with Crippen LogP contribution in [0.1, 0.15) is 52.9 Å². The number of amides is 2. The third-order valence-corrected chi connectivity index (χ3v) is 4.37. The molecule has 2 amide bonds. The fraction of sp³-hybridized carbons (Fsp3) is 0.867. The molecule has 0 aromatic rings. The van der Waals surface area contributed by atoms with E-state index in [1.54, 1.807) is 4.90 Å². The monoisotopic (exact) mass is 266 g/mol. The van der Waals surface area contributed by atoms with Crippen molar-refractivity contribution in [3.05, 3.63) is 0 Å². The Hall–Kier alpha value is -1.06. The van der Waals surface area contributed by atoms with Gasteiger partial charge in [0, 0.05) is 6.54 Å². The summed E-state index contributed by atoms with van der Waals surface area (Å²) in [6.45, 7) is 7.39. The zero-order chi connectivity index (χ0) is 14.0. The number of rotatable bonds is 4. The minimum absolute atomic E-state index is 0.00755. The normalized spacial score (nSPS) is 26.9. The van der Waals surface area contributed by atoms with Gasteiger partial charge in [0.1, 0.15) is 6.04 Å². The third-order valence-electron chi connectivity index (χ3n) is 4.37. The Morgan fingerprint density at radius 2 is 1.95 bits per heavy atom. The molecular weight excluding hydrogens is 240 g/mol. The molecule has 19 heavy (non-hydrogen) atoms. The lowest BCUT2D eigenvalue weighted by molar-refractivity contribution is -0.146. The van der Waals surface area contributed by atoms with E-state index in [2.05, 4.69) is 26.1 Å². The van der Waals surface area contributed by atoms with E-state index in [9.17, 15) is 9.59 Å². The van der Waals surface area contributed by atoms with Gasteiger partial charge in [0.2, 0.25) is 11.8 Å². The van der Waals surface area contributed by atoms with Gasteiger partial charge in [-0.15, -0.1) is 0 Å². The highest BCUT2D eigenvalue weighted by atomic mass is 16.2. The summed E-state index contributed by atoms with van der Waals surface area (Å²) in [6.07, 6.45) is 5.58. The molecule has 1 heterocycles. The molecule has 4 heteroatoms. The fourth-order valence-electron chi connectivity index (χ4n) is 3.39. The van der Waals surface area contributed by atoms with Gasteiger partial charge in [0.25, 0.3) is 0 Å². The first-order valence-corrected chi connectivity index (χ1v) is 7.48. The standard InChI is InChI=1S/C15H26N2O2/c1-11(2)8-12-14(19)17(9-13(18)16-12)10-15(3)6-4-5-7-15/h11-12H,4-10H2,1-3H3,(H,16,18). The second-order valence-corrected chi connectivity index (χ2v) is 6.96. The first kappa shape index (κ1) is 14.4. The molecule has 108 valence electrons. The highest BCUT2D eigenvalue weighted by molar-refractivity contribution is 5.94. The molecule has 1 saturated carbocycles. The van der Waals surface area contributed by atoms with Crippen molar-refractivity contribution in [2.45, 2.75) is 58.9 Å². The average molecular weight is 266 g/mol. The summed E-state index contributed by atoms with van der Waals surface area (Å²) >= 11 is 0. The molecule has 0 radical (unpaired) electrons. The van der Waals surface area contributed by atoms with Gasteiger partial charge in [0.15, 0.2) is 0 Å². The van der Waals surface area contributed by atoms with Crippen LogP contribution in [0.25, 0.3) is 0 Å². The van der Waals surface area contributed by atoms with Gasteiger partial charge in [-0.3, -0.25) is 9.59 Å². The van der Waals surface area contributed by atoms with Crippen LogP contribution in [0, 0.1) is 11.3 Å². The lowest BCUT2D eigenvalue weighted by Crippen LogP contribution is -2.59. The molecule has 1 saturated heterocycles. The van der Waals surface area contributed by atoms with E-state index in [0.29, 0.717) is 5.92 Å². The summed E-state index contributed by atoms with van der Waals surface area (Å²) in [6, 6.07) is -0.314. The summed E-state index contributed by atoms with van der Waals surface area (Å²) in [4.78, 5) is 26.0. The van der Waals surface area contributed by atoms with Crippen LogP contribution in [-0.4, -0.2) is 35.8 Å². The Morgan fingerprint density at radius 3 is 2.53 bits per heavy atom. The molecule has 0 aromatic heterocycles. The number of carbonyl (C=O) groups excluding carboxylic acids is 2. The number of hydrogen-bond acceptors (Lipinski definition) is 2. The number of carbonyl (C=O) groups is 2. The molecule has 1 aliphatic carbocycles. The van der Waals surface area contributed by atoms with Crippen molar-refractivity contribution in [2.75, 3.05) is 13.1 Å². The highest BCUT2D eigenvalue weighted by Gasteiger charge is 2.38. The maximum atomic E-state index is 12.4. The third kappa shape index (κ3) is 3.48. The molecule has 1 aliphatic heterocycles. The number of hydrogen-bond donors (Lipinski definition) is 1. The zero-order valence-electron chi connectivity index (χ0n) is 12.4. The fourth-order valence-corrected chi connectivity index (χ4v) is 3.39. The molecule has 2 aliphatic rings. The van der Waals surface area contributed by atoms with Crippen LogP contribution in [0.5, 0.6) is 0 Å². The van der Waals surface area contributed by atoms with Crippen molar-refractivity contribution in [3.63, 3.8) is 0 Å². The Kier molecular flexibility index (Phi) is 4.16. The summed E-state index contributed by atoms with van der Waals surface area (Å²) in [7, 11) is 0. The van der Waals surface area contributed by atoms with Crippen LogP contribution in [0.2, 0.25) is 0 Å². The first-order valence-electron chi connectivity index (χ1n) is 7.48. The second-order valence-electron chi connectivity index (χ2n) is 6.96. The van der Waals surface area contributed by atoms with Crippen molar-refractivity contribution < 1.29 is 9.59 Å².